The lowest BCUT2D eigenvalue weighted by atomic mass is 10.0. The average molecular weight is 309 g/mol. The van der Waals surface area contributed by atoms with Gasteiger partial charge in [-0.05, 0) is 46.7 Å². The van der Waals surface area contributed by atoms with Gasteiger partial charge in [0.1, 0.15) is 11.6 Å². The van der Waals surface area contributed by atoms with Crippen molar-refractivity contribution in [1.29, 1.82) is 0 Å². The molecule has 0 spiro atoms. The van der Waals surface area contributed by atoms with E-state index in [1.54, 1.807) is 6.07 Å². The summed E-state index contributed by atoms with van der Waals surface area (Å²) in [6, 6.07) is 3.29. The molecule has 2 aliphatic carbocycles. The lowest BCUT2D eigenvalue weighted by molar-refractivity contribution is 0.480. The maximum absolute atomic E-state index is 13.5. The second-order valence-corrected chi connectivity index (χ2v) is 6.40. The molecule has 1 heterocycles. The molecule has 1 aromatic heterocycles. The van der Waals surface area contributed by atoms with Gasteiger partial charge in [-0.2, -0.15) is 0 Å². The van der Waals surface area contributed by atoms with Crippen LogP contribution >= 0.6 is 15.9 Å². The Morgan fingerprint density at radius 3 is 2.67 bits per heavy atom. The predicted molar refractivity (Wildman–Crippen MR) is 71.9 cm³/mol. The molecule has 4 heteroatoms. The van der Waals surface area contributed by atoms with Gasteiger partial charge in [-0.1, -0.05) is 12.8 Å². The van der Waals surface area contributed by atoms with E-state index in [1.165, 1.54) is 31.7 Å². The molecule has 2 atom stereocenters. The first-order valence-electron chi connectivity index (χ1n) is 6.59. The van der Waals surface area contributed by atoms with E-state index in [9.17, 15) is 4.39 Å². The van der Waals surface area contributed by atoms with Gasteiger partial charge >= 0.3 is 0 Å². The monoisotopic (exact) mass is 308 g/mol. The SMILES string of the molecule is Fc1cc2[nH]c(C3C4CCCCC43)nc2cc1Br. The van der Waals surface area contributed by atoms with Crippen molar-refractivity contribution in [3.8, 4) is 0 Å². The predicted octanol–water partition coefficient (Wildman–Crippen LogP) is 4.37. The molecule has 2 unspecified atom stereocenters. The third-order valence-corrected chi connectivity index (χ3v) is 5.12. The van der Waals surface area contributed by atoms with Crippen molar-refractivity contribution in [2.75, 3.05) is 0 Å². The lowest BCUT2D eigenvalue weighted by Crippen LogP contribution is -1.91. The van der Waals surface area contributed by atoms with Crippen molar-refractivity contribution in [3.63, 3.8) is 0 Å². The zero-order chi connectivity index (χ0) is 12.3. The van der Waals surface area contributed by atoms with Crippen molar-refractivity contribution in [2.24, 2.45) is 11.8 Å². The molecule has 2 aromatic rings. The summed E-state index contributed by atoms with van der Waals surface area (Å²) in [5, 5.41) is 0. The number of nitrogens with one attached hydrogen (secondary N) is 1. The molecule has 0 amide bonds. The maximum atomic E-state index is 13.5. The minimum atomic E-state index is -0.231. The van der Waals surface area contributed by atoms with Gasteiger partial charge in [0.25, 0.3) is 0 Å². The summed E-state index contributed by atoms with van der Waals surface area (Å²) in [6.07, 6.45) is 5.39. The fourth-order valence-electron chi connectivity index (χ4n) is 3.58. The fourth-order valence-corrected chi connectivity index (χ4v) is 3.91. The van der Waals surface area contributed by atoms with Crippen molar-refractivity contribution < 1.29 is 4.39 Å². The first kappa shape index (κ1) is 11.0. The summed E-state index contributed by atoms with van der Waals surface area (Å²) in [6.45, 7) is 0. The topological polar surface area (TPSA) is 28.7 Å². The van der Waals surface area contributed by atoms with Crippen LogP contribution in [0.2, 0.25) is 0 Å². The number of aromatic nitrogens is 2. The van der Waals surface area contributed by atoms with E-state index in [1.807, 2.05) is 0 Å². The highest BCUT2D eigenvalue weighted by Crippen LogP contribution is 2.60. The van der Waals surface area contributed by atoms with Crippen LogP contribution in [0, 0.1) is 17.7 Å². The first-order chi connectivity index (χ1) is 8.74. The van der Waals surface area contributed by atoms with Gasteiger partial charge in [0.15, 0.2) is 0 Å². The molecular formula is C14H14BrFN2. The first-order valence-corrected chi connectivity index (χ1v) is 7.38. The molecule has 0 aliphatic heterocycles. The molecule has 0 radical (unpaired) electrons. The van der Waals surface area contributed by atoms with E-state index in [0.717, 1.165) is 28.7 Å². The molecule has 2 fully saturated rings. The van der Waals surface area contributed by atoms with Gasteiger partial charge in [0, 0.05) is 12.0 Å². The van der Waals surface area contributed by atoms with E-state index < -0.39 is 0 Å². The van der Waals surface area contributed by atoms with E-state index >= 15 is 0 Å². The van der Waals surface area contributed by atoms with Crippen molar-refractivity contribution in [2.45, 2.75) is 31.6 Å². The van der Waals surface area contributed by atoms with Crippen LogP contribution < -0.4 is 0 Å². The average Bonchev–Trinajstić information content (AvgIpc) is 2.97. The van der Waals surface area contributed by atoms with Gasteiger partial charge in [-0.3, -0.25) is 0 Å². The summed E-state index contributed by atoms with van der Waals surface area (Å²) < 4.78 is 14.0. The van der Waals surface area contributed by atoms with Crippen LogP contribution in [-0.2, 0) is 0 Å². The highest BCUT2D eigenvalue weighted by molar-refractivity contribution is 9.10. The summed E-state index contributed by atoms with van der Waals surface area (Å²) >= 11 is 3.21. The minimum absolute atomic E-state index is 0.231. The van der Waals surface area contributed by atoms with E-state index in [0.29, 0.717) is 10.4 Å². The van der Waals surface area contributed by atoms with Crippen LogP contribution in [0.5, 0.6) is 0 Å². The van der Waals surface area contributed by atoms with Crippen LogP contribution in [0.3, 0.4) is 0 Å². The molecule has 1 aromatic carbocycles. The van der Waals surface area contributed by atoms with E-state index in [2.05, 4.69) is 25.9 Å². The Hall–Kier alpha value is -0.900. The largest absolute Gasteiger partial charge is 0.342 e. The molecule has 2 aliphatic rings. The molecule has 1 N–H and O–H groups in total. The number of fused-ring (bicyclic) bond motifs is 2. The fraction of sp³-hybridized carbons (Fsp3) is 0.500. The Bertz CT molecular complexity index is 571. The van der Waals surface area contributed by atoms with Gasteiger partial charge in [-0.15, -0.1) is 0 Å². The number of hydrogen-bond donors (Lipinski definition) is 1. The zero-order valence-corrected chi connectivity index (χ0v) is 11.5. The molecule has 94 valence electrons. The Labute approximate surface area is 113 Å². The minimum Gasteiger partial charge on any atom is -0.342 e. The number of hydrogen-bond acceptors (Lipinski definition) is 1. The third-order valence-electron chi connectivity index (χ3n) is 4.51. The summed E-state index contributed by atoms with van der Waals surface area (Å²) in [4.78, 5) is 7.96. The number of benzene rings is 1. The zero-order valence-electron chi connectivity index (χ0n) is 9.92. The highest BCUT2D eigenvalue weighted by Gasteiger charge is 2.52. The van der Waals surface area contributed by atoms with E-state index in [-0.39, 0.29) is 5.82 Å². The quantitative estimate of drug-likeness (QED) is 0.832. The van der Waals surface area contributed by atoms with Crippen molar-refractivity contribution in [1.82, 2.24) is 9.97 Å². The molecule has 18 heavy (non-hydrogen) atoms. The number of nitrogens with zero attached hydrogens (tertiary/aromatic N) is 1. The van der Waals surface area contributed by atoms with Gasteiger partial charge in [-0.25, -0.2) is 9.37 Å². The Kier molecular flexibility index (Phi) is 2.31. The van der Waals surface area contributed by atoms with Crippen LogP contribution in [0.1, 0.15) is 37.4 Å². The van der Waals surface area contributed by atoms with Crippen LogP contribution in [0.25, 0.3) is 11.0 Å². The summed E-state index contributed by atoms with van der Waals surface area (Å²) in [5.41, 5.74) is 1.68. The maximum Gasteiger partial charge on any atom is 0.139 e. The number of aromatic amines is 1. The number of imidazole rings is 1. The van der Waals surface area contributed by atoms with Gasteiger partial charge < -0.3 is 4.98 Å². The number of halogens is 2. The Morgan fingerprint density at radius 1 is 1.22 bits per heavy atom. The van der Waals surface area contributed by atoms with Crippen molar-refractivity contribution in [3.05, 3.63) is 28.2 Å². The van der Waals surface area contributed by atoms with Crippen molar-refractivity contribution >= 4 is 27.0 Å². The van der Waals surface area contributed by atoms with Crippen LogP contribution in [-0.4, -0.2) is 9.97 Å². The van der Waals surface area contributed by atoms with Gasteiger partial charge in [0.05, 0.1) is 15.5 Å². The highest BCUT2D eigenvalue weighted by atomic mass is 79.9. The lowest BCUT2D eigenvalue weighted by Gasteiger charge is -2.04. The third kappa shape index (κ3) is 1.54. The normalized spacial score (nSPS) is 30.4. The summed E-state index contributed by atoms with van der Waals surface area (Å²) in [5.74, 6) is 3.09. The Balaban J connectivity index is 1.74. The number of rotatable bonds is 1. The second kappa shape index (κ2) is 3.80. The molecule has 0 saturated heterocycles. The second-order valence-electron chi connectivity index (χ2n) is 5.54. The van der Waals surface area contributed by atoms with Crippen LogP contribution in [0.4, 0.5) is 4.39 Å². The van der Waals surface area contributed by atoms with E-state index in [4.69, 9.17) is 0 Å². The smallest absolute Gasteiger partial charge is 0.139 e. The molecule has 4 rings (SSSR count). The Morgan fingerprint density at radius 2 is 1.94 bits per heavy atom. The molecule has 0 bridgehead atoms. The van der Waals surface area contributed by atoms with Crippen LogP contribution in [0.15, 0.2) is 16.6 Å². The molecular weight excluding hydrogens is 295 g/mol. The van der Waals surface area contributed by atoms with Gasteiger partial charge in [0.2, 0.25) is 0 Å². The molecule has 2 saturated carbocycles. The molecule has 2 nitrogen and oxygen atoms in total. The number of H-pyrrole nitrogens is 1. The summed E-state index contributed by atoms with van der Waals surface area (Å²) in [7, 11) is 0. The standard InChI is InChI=1S/C14H14BrFN2/c15-9-5-11-12(6-10(9)16)18-14(17-11)13-7-3-1-2-4-8(7)13/h5-8,13H,1-4H2,(H,17,18).